The number of ether oxygens (including phenoxy) is 1. The average molecular weight is 775 g/mol. The highest BCUT2D eigenvalue weighted by Gasteiger charge is 2.38. The third-order valence-electron chi connectivity index (χ3n) is 11.6. The van der Waals surface area contributed by atoms with Gasteiger partial charge in [0.1, 0.15) is 28.7 Å². The Morgan fingerprint density at radius 3 is 2.15 bits per heavy atom. The van der Waals surface area contributed by atoms with Gasteiger partial charge in [-0.2, -0.15) is 9.13 Å². The SMILES string of the molecule is CC(C)(C)c1ccnc(-n2c3ccccc3c3ccc(Oc4cccc(-n5c[n+](-c6cc7c(cc6Br)C(C)(C)CCC7(C)C)c6ccccc65)c4)cc32)c1. The fourth-order valence-corrected chi connectivity index (χ4v) is 8.91. The molecule has 1 aliphatic carbocycles. The lowest BCUT2D eigenvalue weighted by atomic mass is 9.63. The largest absolute Gasteiger partial charge is 0.457 e. The molecule has 0 radical (unpaired) electrons. The van der Waals surface area contributed by atoms with Crippen molar-refractivity contribution in [2.24, 2.45) is 0 Å². The molecule has 3 aromatic heterocycles. The van der Waals surface area contributed by atoms with Crippen LogP contribution >= 0.6 is 15.9 Å². The smallest absolute Gasteiger partial charge is 0.255 e. The molecule has 0 aliphatic heterocycles. The summed E-state index contributed by atoms with van der Waals surface area (Å²) >= 11 is 4.01. The van der Waals surface area contributed by atoms with Gasteiger partial charge < -0.3 is 4.74 Å². The van der Waals surface area contributed by atoms with Crippen LogP contribution in [0, 0.1) is 0 Å². The van der Waals surface area contributed by atoms with Gasteiger partial charge in [-0.1, -0.05) is 84.9 Å². The molecular formula is C48H46BrN4O+. The maximum Gasteiger partial charge on any atom is 0.255 e. The number of rotatable bonds is 5. The van der Waals surface area contributed by atoms with Gasteiger partial charge in [0, 0.05) is 29.1 Å². The third-order valence-corrected chi connectivity index (χ3v) is 12.3. The van der Waals surface area contributed by atoms with Gasteiger partial charge in [-0.15, -0.1) is 0 Å². The number of benzene rings is 5. The van der Waals surface area contributed by atoms with Gasteiger partial charge >= 0.3 is 0 Å². The Kier molecular flexibility index (Phi) is 7.95. The van der Waals surface area contributed by atoms with Crippen LogP contribution in [-0.4, -0.2) is 14.1 Å². The first-order chi connectivity index (χ1) is 25.8. The summed E-state index contributed by atoms with van der Waals surface area (Å²) in [5.41, 5.74) is 11.0. The van der Waals surface area contributed by atoms with E-state index in [4.69, 9.17) is 9.72 Å². The second-order valence-electron chi connectivity index (χ2n) is 17.2. The normalized spacial score (nSPS) is 15.2. The summed E-state index contributed by atoms with van der Waals surface area (Å²) in [6, 6.07) is 41.0. The van der Waals surface area contributed by atoms with Crippen molar-refractivity contribution in [2.45, 2.75) is 77.6 Å². The van der Waals surface area contributed by atoms with Crippen molar-refractivity contribution in [2.75, 3.05) is 0 Å². The van der Waals surface area contributed by atoms with Crippen LogP contribution in [0.25, 0.3) is 50.0 Å². The molecule has 5 nitrogen and oxygen atoms in total. The van der Waals surface area contributed by atoms with Crippen LogP contribution in [-0.2, 0) is 16.2 Å². The van der Waals surface area contributed by atoms with Crippen molar-refractivity contribution < 1.29 is 9.30 Å². The maximum absolute atomic E-state index is 6.68. The summed E-state index contributed by atoms with van der Waals surface area (Å²) in [7, 11) is 0. The van der Waals surface area contributed by atoms with Crippen molar-refractivity contribution in [1.29, 1.82) is 0 Å². The molecule has 270 valence electrons. The third kappa shape index (κ3) is 5.74. The maximum atomic E-state index is 6.68. The summed E-state index contributed by atoms with van der Waals surface area (Å²) in [5, 5.41) is 2.35. The molecule has 0 spiro atoms. The lowest BCUT2D eigenvalue weighted by Crippen LogP contribution is -2.36. The summed E-state index contributed by atoms with van der Waals surface area (Å²) in [5.74, 6) is 2.44. The van der Waals surface area contributed by atoms with E-state index in [0.717, 1.165) is 55.2 Å². The molecule has 5 aromatic carbocycles. The first-order valence-electron chi connectivity index (χ1n) is 18.9. The zero-order valence-electron chi connectivity index (χ0n) is 32.1. The van der Waals surface area contributed by atoms with Crippen LogP contribution in [0.15, 0.2) is 132 Å². The predicted octanol–water partition coefficient (Wildman–Crippen LogP) is 12.6. The molecule has 1 aliphatic rings. The van der Waals surface area contributed by atoms with Gasteiger partial charge in [0.15, 0.2) is 11.0 Å². The molecule has 0 unspecified atom stereocenters. The van der Waals surface area contributed by atoms with Gasteiger partial charge in [0.25, 0.3) is 6.33 Å². The van der Waals surface area contributed by atoms with Crippen LogP contribution in [0.2, 0.25) is 0 Å². The van der Waals surface area contributed by atoms with E-state index in [1.54, 1.807) is 0 Å². The highest BCUT2D eigenvalue weighted by Crippen LogP contribution is 2.47. The molecule has 8 aromatic rings. The second kappa shape index (κ2) is 12.4. The number of para-hydroxylation sites is 3. The van der Waals surface area contributed by atoms with Gasteiger partial charge in [-0.3, -0.25) is 4.57 Å². The van der Waals surface area contributed by atoms with Crippen LogP contribution < -0.4 is 9.30 Å². The van der Waals surface area contributed by atoms with E-state index in [2.05, 4.69) is 194 Å². The van der Waals surface area contributed by atoms with Crippen LogP contribution in [0.1, 0.15) is 78.0 Å². The van der Waals surface area contributed by atoms with E-state index in [9.17, 15) is 0 Å². The molecular weight excluding hydrogens is 728 g/mol. The molecule has 0 amide bonds. The van der Waals surface area contributed by atoms with Crippen LogP contribution in [0.5, 0.6) is 11.5 Å². The molecule has 9 rings (SSSR count). The Bertz CT molecular complexity index is 2760. The van der Waals surface area contributed by atoms with Crippen molar-refractivity contribution in [3.8, 4) is 28.7 Å². The van der Waals surface area contributed by atoms with E-state index in [1.165, 1.54) is 40.3 Å². The molecule has 0 bridgehead atoms. The number of hydrogen-bond donors (Lipinski definition) is 0. The number of pyridine rings is 1. The van der Waals surface area contributed by atoms with E-state index < -0.39 is 0 Å². The first-order valence-corrected chi connectivity index (χ1v) is 19.7. The van der Waals surface area contributed by atoms with Crippen LogP contribution in [0.4, 0.5) is 0 Å². The van der Waals surface area contributed by atoms with Crippen LogP contribution in [0.3, 0.4) is 0 Å². The highest BCUT2D eigenvalue weighted by atomic mass is 79.9. The van der Waals surface area contributed by atoms with Gasteiger partial charge in [0.05, 0.1) is 15.5 Å². The Morgan fingerprint density at radius 1 is 0.685 bits per heavy atom. The average Bonchev–Trinajstić information content (AvgIpc) is 3.69. The summed E-state index contributed by atoms with van der Waals surface area (Å²) < 4.78 is 14.6. The van der Waals surface area contributed by atoms with E-state index >= 15 is 0 Å². The fourth-order valence-electron chi connectivity index (χ4n) is 8.37. The monoisotopic (exact) mass is 773 g/mol. The minimum absolute atomic E-state index is 0.00516. The van der Waals surface area contributed by atoms with Crippen molar-refractivity contribution >= 4 is 48.8 Å². The molecule has 3 heterocycles. The number of fused-ring (bicyclic) bond motifs is 5. The number of hydrogen-bond acceptors (Lipinski definition) is 2. The fraction of sp³-hybridized carbons (Fsp3) is 0.250. The minimum Gasteiger partial charge on any atom is -0.457 e. The van der Waals surface area contributed by atoms with Crippen molar-refractivity contribution in [3.63, 3.8) is 0 Å². The zero-order valence-corrected chi connectivity index (χ0v) is 33.7. The Morgan fingerprint density at radius 2 is 1.37 bits per heavy atom. The lowest BCUT2D eigenvalue weighted by molar-refractivity contribution is -0.568. The Balaban J connectivity index is 1.12. The molecule has 0 N–H and O–H groups in total. The van der Waals surface area contributed by atoms with Gasteiger partial charge in [-0.05, 0) is 128 Å². The summed E-state index contributed by atoms with van der Waals surface area (Å²) in [4.78, 5) is 4.86. The predicted molar refractivity (Wildman–Crippen MR) is 225 cm³/mol. The van der Waals surface area contributed by atoms with Gasteiger partial charge in [-0.25, -0.2) is 4.98 Å². The number of aromatic nitrogens is 4. The lowest BCUT2D eigenvalue weighted by Gasteiger charge is -2.42. The topological polar surface area (TPSA) is 35.9 Å². The highest BCUT2D eigenvalue weighted by molar-refractivity contribution is 9.10. The standard InChI is InChI=1S/C48H46BrN4O/c1-46(2,3)31-21-24-50-45(25-31)53-40-16-9-8-15-35(40)36-20-19-34(27-43(36)53)54-33-14-12-13-32(26-33)51-30-52(42-18-11-10-17-41(42)51)44-29-38-37(28-39(44)49)47(4,5)22-23-48(38,6)7/h8-21,24-30H,22-23H2,1-7H3/q+1. The summed E-state index contributed by atoms with van der Waals surface area (Å²) in [6.07, 6.45) is 6.48. The molecule has 0 atom stereocenters. The number of imidazole rings is 1. The van der Waals surface area contributed by atoms with Gasteiger partial charge in [0.2, 0.25) is 0 Å². The number of halogens is 1. The minimum atomic E-state index is 0.00516. The number of nitrogens with zero attached hydrogens (tertiary/aromatic N) is 4. The van der Waals surface area contributed by atoms with Crippen molar-refractivity contribution in [3.05, 3.63) is 149 Å². The second-order valence-corrected chi connectivity index (χ2v) is 18.1. The quantitative estimate of drug-likeness (QED) is 0.163. The van der Waals surface area contributed by atoms with E-state index in [0.29, 0.717) is 0 Å². The first kappa shape index (κ1) is 34.6. The Hall–Kier alpha value is -5.20. The molecule has 0 fully saturated rings. The molecule has 0 saturated heterocycles. The molecule has 54 heavy (non-hydrogen) atoms. The van der Waals surface area contributed by atoms with E-state index in [1.807, 2.05) is 12.3 Å². The van der Waals surface area contributed by atoms with E-state index in [-0.39, 0.29) is 16.2 Å². The molecule has 6 heteroatoms. The molecule has 0 saturated carbocycles. The zero-order chi connectivity index (χ0) is 37.6. The van der Waals surface area contributed by atoms with Crippen molar-refractivity contribution in [1.82, 2.24) is 14.1 Å². The summed E-state index contributed by atoms with van der Waals surface area (Å²) in [6.45, 7) is 16.2. The Labute approximate surface area is 326 Å².